The second-order valence-corrected chi connectivity index (χ2v) is 7.29. The van der Waals surface area contributed by atoms with Crippen LogP contribution in [0.25, 0.3) is 0 Å². The van der Waals surface area contributed by atoms with Gasteiger partial charge in [-0.05, 0) is 36.1 Å². The molecule has 1 atom stereocenters. The molecule has 0 aromatic carbocycles. The highest BCUT2D eigenvalue weighted by Gasteiger charge is 2.22. The summed E-state index contributed by atoms with van der Waals surface area (Å²) < 4.78 is 12.9. The van der Waals surface area contributed by atoms with Crippen LogP contribution in [-0.4, -0.2) is 88.0 Å². The summed E-state index contributed by atoms with van der Waals surface area (Å²) in [5.41, 5.74) is 0. The smallest absolute Gasteiger partial charge is 0.222 e. The number of hydrogen-bond donors (Lipinski definition) is 0. The molecule has 2 aliphatic rings. The summed E-state index contributed by atoms with van der Waals surface area (Å²) in [5, 5.41) is 12.1. The van der Waals surface area contributed by atoms with Crippen LogP contribution in [0, 0.1) is 0 Å². The molecule has 3 rings (SSSR count). The summed E-state index contributed by atoms with van der Waals surface area (Å²) in [6.45, 7) is 9.16. The van der Waals surface area contributed by atoms with E-state index in [2.05, 4.69) is 27.3 Å². The number of hydrogen-bond acceptors (Lipinski definition) is 7. The van der Waals surface area contributed by atoms with Crippen molar-refractivity contribution in [2.45, 2.75) is 58.2 Å². The van der Waals surface area contributed by atoms with Gasteiger partial charge in [0.1, 0.15) is 0 Å². The summed E-state index contributed by atoms with van der Waals surface area (Å²) in [7, 11) is 0. The number of carbonyl (C=O) groups excluding carboxylic acids is 1. The van der Waals surface area contributed by atoms with Gasteiger partial charge in [-0.15, -0.1) is 5.10 Å². The molecule has 0 aliphatic carbocycles. The fraction of sp³-hybridized carbons (Fsp3) is 0.889. The predicted molar refractivity (Wildman–Crippen MR) is 99.0 cm³/mol. The molecule has 1 amide bonds. The average molecular weight is 380 g/mol. The molecule has 3 heterocycles. The highest BCUT2D eigenvalue weighted by molar-refractivity contribution is 5.76. The maximum absolute atomic E-state index is 12.6. The molecular formula is C18H32N6O3. The minimum atomic E-state index is 0.204. The third kappa shape index (κ3) is 6.22. The van der Waals surface area contributed by atoms with E-state index in [1.807, 2.05) is 9.58 Å². The van der Waals surface area contributed by atoms with Crippen molar-refractivity contribution in [2.24, 2.45) is 0 Å². The Labute approximate surface area is 161 Å². The topological polar surface area (TPSA) is 85.6 Å². The van der Waals surface area contributed by atoms with Gasteiger partial charge < -0.3 is 14.4 Å². The molecule has 2 fully saturated rings. The number of ether oxygens (including phenoxy) is 2. The van der Waals surface area contributed by atoms with Gasteiger partial charge in [-0.2, -0.15) is 0 Å². The van der Waals surface area contributed by atoms with Gasteiger partial charge in [0.2, 0.25) is 5.91 Å². The van der Waals surface area contributed by atoms with E-state index in [0.717, 1.165) is 84.1 Å². The lowest BCUT2D eigenvalue weighted by molar-refractivity contribution is -0.133. The number of rotatable bonds is 10. The normalized spacial score (nSPS) is 20.9. The van der Waals surface area contributed by atoms with Gasteiger partial charge in [0.05, 0.1) is 25.9 Å². The van der Waals surface area contributed by atoms with Gasteiger partial charge in [-0.3, -0.25) is 9.69 Å². The molecule has 9 nitrogen and oxygen atoms in total. The van der Waals surface area contributed by atoms with Crippen LogP contribution in [0.2, 0.25) is 0 Å². The number of nitrogens with zero attached hydrogens (tertiary/aromatic N) is 6. The van der Waals surface area contributed by atoms with Crippen LogP contribution >= 0.6 is 0 Å². The zero-order chi connectivity index (χ0) is 18.9. The van der Waals surface area contributed by atoms with E-state index >= 15 is 0 Å². The number of amides is 1. The van der Waals surface area contributed by atoms with E-state index in [1.54, 1.807) is 0 Å². The van der Waals surface area contributed by atoms with Gasteiger partial charge in [0, 0.05) is 45.8 Å². The lowest BCUT2D eigenvalue weighted by Crippen LogP contribution is -2.38. The first-order valence-corrected chi connectivity index (χ1v) is 10.2. The Bertz CT molecular complexity index is 569. The molecule has 1 aromatic heterocycles. The summed E-state index contributed by atoms with van der Waals surface area (Å²) in [6.07, 6.45) is 4.59. The quantitative estimate of drug-likeness (QED) is 0.591. The number of carbonyl (C=O) groups is 1. The Morgan fingerprint density at radius 3 is 2.89 bits per heavy atom. The average Bonchev–Trinajstić information content (AvgIpc) is 3.34. The molecule has 0 unspecified atom stereocenters. The van der Waals surface area contributed by atoms with E-state index < -0.39 is 0 Å². The van der Waals surface area contributed by atoms with Gasteiger partial charge in [-0.25, -0.2) is 4.68 Å². The molecule has 2 aliphatic heterocycles. The third-order valence-electron chi connectivity index (χ3n) is 5.13. The Balaban J connectivity index is 1.43. The van der Waals surface area contributed by atoms with E-state index in [-0.39, 0.29) is 12.0 Å². The first-order valence-electron chi connectivity index (χ1n) is 10.2. The molecule has 0 radical (unpaired) electrons. The number of morpholine rings is 1. The van der Waals surface area contributed by atoms with E-state index in [1.165, 1.54) is 0 Å². The minimum Gasteiger partial charge on any atom is -0.379 e. The molecule has 0 bridgehead atoms. The maximum Gasteiger partial charge on any atom is 0.222 e. The first-order chi connectivity index (χ1) is 13.3. The van der Waals surface area contributed by atoms with Crippen LogP contribution in [0.15, 0.2) is 0 Å². The summed E-state index contributed by atoms with van der Waals surface area (Å²) in [4.78, 5) is 16.9. The number of aromatic nitrogens is 4. The van der Waals surface area contributed by atoms with Gasteiger partial charge in [0.25, 0.3) is 0 Å². The van der Waals surface area contributed by atoms with Crippen LogP contribution in [0.1, 0.15) is 44.9 Å². The van der Waals surface area contributed by atoms with E-state index in [0.29, 0.717) is 13.0 Å². The highest BCUT2D eigenvalue weighted by atomic mass is 16.5. The molecule has 0 spiro atoms. The van der Waals surface area contributed by atoms with Gasteiger partial charge in [-0.1, -0.05) is 6.92 Å². The standard InChI is InChI=1S/C18H32N6O3/c1-2-7-23(14-16-5-4-11-27-16)18(25)6-3-8-24-17(19-20-21-24)15-22-9-12-26-13-10-22/h16H,2-15H2,1H3/t16-/m1/s1. The molecule has 27 heavy (non-hydrogen) atoms. The fourth-order valence-corrected chi connectivity index (χ4v) is 3.63. The lowest BCUT2D eigenvalue weighted by Gasteiger charge is -2.26. The highest BCUT2D eigenvalue weighted by Crippen LogP contribution is 2.14. The van der Waals surface area contributed by atoms with Crippen LogP contribution in [-0.2, 0) is 27.4 Å². The zero-order valence-corrected chi connectivity index (χ0v) is 16.4. The zero-order valence-electron chi connectivity index (χ0n) is 16.4. The van der Waals surface area contributed by atoms with Crippen molar-refractivity contribution in [3.63, 3.8) is 0 Å². The van der Waals surface area contributed by atoms with Crippen LogP contribution in [0.4, 0.5) is 0 Å². The molecule has 9 heteroatoms. The second kappa shape index (κ2) is 10.7. The second-order valence-electron chi connectivity index (χ2n) is 7.29. The largest absolute Gasteiger partial charge is 0.379 e. The van der Waals surface area contributed by atoms with Crippen molar-refractivity contribution >= 4 is 5.91 Å². The third-order valence-corrected chi connectivity index (χ3v) is 5.13. The van der Waals surface area contributed by atoms with Crippen LogP contribution in [0.3, 0.4) is 0 Å². The van der Waals surface area contributed by atoms with Crippen LogP contribution < -0.4 is 0 Å². The van der Waals surface area contributed by atoms with Crippen molar-refractivity contribution in [1.29, 1.82) is 0 Å². The van der Waals surface area contributed by atoms with Crippen molar-refractivity contribution in [3.05, 3.63) is 5.82 Å². The summed E-state index contributed by atoms with van der Waals surface area (Å²) in [5.74, 6) is 1.06. The molecule has 2 saturated heterocycles. The maximum atomic E-state index is 12.6. The summed E-state index contributed by atoms with van der Waals surface area (Å²) >= 11 is 0. The Morgan fingerprint density at radius 1 is 1.30 bits per heavy atom. The minimum absolute atomic E-state index is 0.204. The number of tetrazole rings is 1. The Hall–Kier alpha value is -1.58. The van der Waals surface area contributed by atoms with Crippen molar-refractivity contribution < 1.29 is 14.3 Å². The molecular weight excluding hydrogens is 348 g/mol. The Morgan fingerprint density at radius 2 is 2.15 bits per heavy atom. The molecule has 152 valence electrons. The lowest BCUT2D eigenvalue weighted by atomic mass is 10.2. The monoisotopic (exact) mass is 380 g/mol. The van der Waals surface area contributed by atoms with E-state index in [9.17, 15) is 4.79 Å². The molecule has 0 saturated carbocycles. The van der Waals surface area contributed by atoms with Gasteiger partial charge >= 0.3 is 0 Å². The van der Waals surface area contributed by atoms with E-state index in [4.69, 9.17) is 9.47 Å². The summed E-state index contributed by atoms with van der Waals surface area (Å²) in [6, 6.07) is 0. The SMILES string of the molecule is CCCN(C[C@H]1CCCO1)C(=O)CCCn1nnnc1CN1CCOCC1. The van der Waals surface area contributed by atoms with Crippen molar-refractivity contribution in [1.82, 2.24) is 30.0 Å². The molecule has 0 N–H and O–H groups in total. The number of aryl methyl sites for hydroxylation is 1. The van der Waals surface area contributed by atoms with Crippen molar-refractivity contribution in [3.8, 4) is 0 Å². The predicted octanol–water partition coefficient (Wildman–Crippen LogP) is 0.703. The molecule has 1 aromatic rings. The first kappa shape index (κ1) is 20.2. The Kier molecular flexibility index (Phi) is 7.97. The fourth-order valence-electron chi connectivity index (χ4n) is 3.63. The van der Waals surface area contributed by atoms with Crippen molar-refractivity contribution in [2.75, 3.05) is 46.0 Å². The van der Waals surface area contributed by atoms with Crippen LogP contribution in [0.5, 0.6) is 0 Å². The van der Waals surface area contributed by atoms with Gasteiger partial charge in [0.15, 0.2) is 5.82 Å².